The molecule has 1 aliphatic heterocycles. The molecule has 2 amide bonds. The molecule has 1 aliphatic rings. The second-order valence-electron chi connectivity index (χ2n) is 7.03. The van der Waals surface area contributed by atoms with Crippen molar-refractivity contribution < 1.29 is 28.4 Å². The van der Waals surface area contributed by atoms with E-state index in [1.54, 1.807) is 36.4 Å². The molecular formula is C23H17N3O7S2. The molecule has 1 N–H and O–H groups in total. The third-order valence-corrected chi connectivity index (χ3v) is 6.22. The Morgan fingerprint density at radius 2 is 1.89 bits per heavy atom. The van der Waals surface area contributed by atoms with Gasteiger partial charge in [-0.3, -0.25) is 25.1 Å². The van der Waals surface area contributed by atoms with Crippen molar-refractivity contribution in [2.24, 2.45) is 0 Å². The maximum Gasteiger partial charge on any atom is 0.285 e. The summed E-state index contributed by atoms with van der Waals surface area (Å²) in [6, 6.07) is 13.9. The summed E-state index contributed by atoms with van der Waals surface area (Å²) in [6.07, 6.45) is 1.50. The first kappa shape index (κ1) is 24.0. The Kier molecular flexibility index (Phi) is 6.85. The van der Waals surface area contributed by atoms with Gasteiger partial charge in [0.25, 0.3) is 17.5 Å². The second-order valence-corrected chi connectivity index (χ2v) is 8.71. The number of amides is 2. The third kappa shape index (κ3) is 5.03. The molecule has 0 radical (unpaired) electrons. The molecule has 12 heteroatoms. The van der Waals surface area contributed by atoms with Crippen molar-refractivity contribution in [3.8, 4) is 22.8 Å². The molecule has 1 aromatic heterocycles. The van der Waals surface area contributed by atoms with E-state index in [2.05, 4.69) is 5.43 Å². The maximum absolute atomic E-state index is 12.9. The predicted molar refractivity (Wildman–Crippen MR) is 133 cm³/mol. The molecule has 1 saturated heterocycles. The molecule has 0 atom stereocenters. The van der Waals surface area contributed by atoms with Crippen LogP contribution in [0.1, 0.15) is 16.1 Å². The summed E-state index contributed by atoms with van der Waals surface area (Å²) < 4.78 is 16.3. The van der Waals surface area contributed by atoms with Crippen LogP contribution in [0.3, 0.4) is 0 Å². The maximum atomic E-state index is 12.9. The van der Waals surface area contributed by atoms with Gasteiger partial charge in [-0.15, -0.1) is 0 Å². The Morgan fingerprint density at radius 3 is 2.54 bits per heavy atom. The van der Waals surface area contributed by atoms with Gasteiger partial charge in [-0.05, 0) is 54.7 Å². The van der Waals surface area contributed by atoms with Crippen LogP contribution in [0.15, 0.2) is 63.9 Å². The first-order valence-corrected chi connectivity index (χ1v) is 11.2. The molecule has 10 nitrogen and oxygen atoms in total. The number of hydrogen-bond donors (Lipinski definition) is 1. The number of nitrogens with zero attached hydrogens (tertiary/aromatic N) is 2. The average molecular weight is 512 g/mol. The molecular weight excluding hydrogens is 494 g/mol. The van der Waals surface area contributed by atoms with Gasteiger partial charge in [-0.25, -0.2) is 0 Å². The molecule has 35 heavy (non-hydrogen) atoms. The van der Waals surface area contributed by atoms with Crippen LogP contribution in [0.25, 0.3) is 17.4 Å². The topological polar surface area (TPSA) is 124 Å². The van der Waals surface area contributed by atoms with E-state index in [9.17, 15) is 19.7 Å². The van der Waals surface area contributed by atoms with Gasteiger partial charge in [0.05, 0.1) is 35.7 Å². The van der Waals surface area contributed by atoms with Gasteiger partial charge < -0.3 is 13.9 Å². The van der Waals surface area contributed by atoms with E-state index in [0.29, 0.717) is 28.4 Å². The molecule has 0 unspecified atom stereocenters. The molecule has 0 aliphatic carbocycles. The third-order valence-electron chi connectivity index (χ3n) is 4.92. The number of carbonyl (C=O) groups excluding carboxylic acids is 2. The standard InChI is InChI=1S/C23H17N3O7S2/c1-31-15-6-3-13(4-7-15)21(27)24-25-22(28)20(35-23(25)34)12-16-8-10-18(33-16)17-9-5-14(26(29)30)11-19(17)32-2/h3-12H,1-2H3,(H,24,27)/b20-12+. The van der Waals surface area contributed by atoms with E-state index in [0.717, 1.165) is 16.8 Å². The Balaban J connectivity index is 1.51. The van der Waals surface area contributed by atoms with Gasteiger partial charge in [-0.2, -0.15) is 5.01 Å². The van der Waals surface area contributed by atoms with Gasteiger partial charge in [-0.1, -0.05) is 11.8 Å². The number of methoxy groups -OCH3 is 2. The Hall–Kier alpha value is -4.16. The highest BCUT2D eigenvalue weighted by atomic mass is 32.2. The molecule has 4 rings (SSSR count). The summed E-state index contributed by atoms with van der Waals surface area (Å²) in [6.45, 7) is 0. The van der Waals surface area contributed by atoms with E-state index < -0.39 is 16.7 Å². The minimum absolute atomic E-state index is 0.113. The summed E-state index contributed by atoms with van der Waals surface area (Å²) in [5, 5.41) is 12.0. The van der Waals surface area contributed by atoms with Crippen LogP contribution >= 0.6 is 24.0 Å². The number of nitro groups is 1. The smallest absolute Gasteiger partial charge is 0.285 e. The first-order valence-electron chi connectivity index (χ1n) is 9.96. The minimum atomic E-state index is -0.519. The summed E-state index contributed by atoms with van der Waals surface area (Å²) in [7, 11) is 2.92. The van der Waals surface area contributed by atoms with Crippen LogP contribution in [-0.4, -0.2) is 40.3 Å². The number of hydrogen-bond acceptors (Lipinski definition) is 9. The summed E-state index contributed by atoms with van der Waals surface area (Å²) in [5.74, 6) is 0.601. The number of ether oxygens (including phenoxy) is 2. The first-order chi connectivity index (χ1) is 16.8. The van der Waals surface area contributed by atoms with Gasteiger partial charge in [0.15, 0.2) is 4.32 Å². The van der Waals surface area contributed by atoms with Crippen LogP contribution in [0.2, 0.25) is 0 Å². The van der Waals surface area contributed by atoms with Crippen LogP contribution < -0.4 is 14.9 Å². The lowest BCUT2D eigenvalue weighted by Crippen LogP contribution is -2.44. The lowest BCUT2D eigenvalue weighted by atomic mass is 10.1. The Morgan fingerprint density at radius 1 is 1.14 bits per heavy atom. The number of rotatable bonds is 7. The van der Waals surface area contributed by atoms with Crippen molar-refractivity contribution in [1.29, 1.82) is 0 Å². The zero-order valence-corrected chi connectivity index (χ0v) is 20.0. The number of benzene rings is 2. The summed E-state index contributed by atoms with van der Waals surface area (Å²) >= 11 is 6.27. The van der Waals surface area contributed by atoms with Crippen molar-refractivity contribution in [2.45, 2.75) is 0 Å². The fourth-order valence-corrected chi connectivity index (χ4v) is 4.33. The SMILES string of the molecule is COc1ccc(C(=O)NN2C(=O)/C(=C\c3ccc(-c4ccc([N+](=O)[O-])cc4OC)o3)SC2=S)cc1. The summed E-state index contributed by atoms with van der Waals surface area (Å²) in [5.41, 5.74) is 3.24. The van der Waals surface area contributed by atoms with Crippen LogP contribution in [0.5, 0.6) is 11.5 Å². The van der Waals surface area contributed by atoms with Gasteiger partial charge >= 0.3 is 0 Å². The summed E-state index contributed by atoms with van der Waals surface area (Å²) in [4.78, 5) is 36.1. The minimum Gasteiger partial charge on any atom is -0.497 e. The number of thioether (sulfide) groups is 1. The van der Waals surface area contributed by atoms with Crippen molar-refractivity contribution in [3.05, 3.63) is 80.9 Å². The number of carbonyl (C=O) groups is 2. The zero-order valence-electron chi connectivity index (χ0n) is 18.3. The lowest BCUT2D eigenvalue weighted by Gasteiger charge is -2.15. The van der Waals surface area contributed by atoms with Crippen molar-refractivity contribution in [2.75, 3.05) is 14.2 Å². The fraction of sp³-hybridized carbons (Fsp3) is 0.0870. The van der Waals surface area contributed by atoms with Crippen molar-refractivity contribution in [1.82, 2.24) is 10.4 Å². The zero-order chi connectivity index (χ0) is 25.1. The quantitative estimate of drug-likeness (QED) is 0.212. The number of nitro benzene ring substituents is 1. The van der Waals surface area contributed by atoms with E-state index in [1.807, 2.05) is 0 Å². The molecule has 0 saturated carbocycles. The number of nitrogens with one attached hydrogen (secondary N) is 1. The van der Waals surface area contributed by atoms with Crippen LogP contribution in [0, 0.1) is 10.1 Å². The molecule has 1 fully saturated rings. The largest absolute Gasteiger partial charge is 0.497 e. The van der Waals surface area contributed by atoms with Crippen molar-refractivity contribution in [3.63, 3.8) is 0 Å². The molecule has 3 aromatic rings. The van der Waals surface area contributed by atoms with E-state index in [-0.39, 0.29) is 20.7 Å². The number of thiocarbonyl (C=S) groups is 1. The normalized spacial score (nSPS) is 14.3. The monoisotopic (exact) mass is 511 g/mol. The van der Waals surface area contributed by atoms with Gasteiger partial charge in [0.1, 0.15) is 23.0 Å². The molecule has 178 valence electrons. The Bertz CT molecular complexity index is 1370. The highest BCUT2D eigenvalue weighted by molar-refractivity contribution is 8.26. The highest BCUT2D eigenvalue weighted by Crippen LogP contribution is 2.36. The molecule has 2 heterocycles. The van der Waals surface area contributed by atoms with E-state index in [1.165, 1.54) is 38.5 Å². The molecule has 0 bridgehead atoms. The lowest BCUT2D eigenvalue weighted by molar-refractivity contribution is -0.384. The van der Waals surface area contributed by atoms with Crippen LogP contribution in [-0.2, 0) is 4.79 Å². The van der Waals surface area contributed by atoms with Gasteiger partial charge in [0.2, 0.25) is 0 Å². The average Bonchev–Trinajstić information content (AvgIpc) is 3.43. The number of furan rings is 1. The van der Waals surface area contributed by atoms with E-state index in [4.69, 9.17) is 26.1 Å². The van der Waals surface area contributed by atoms with E-state index >= 15 is 0 Å². The fourth-order valence-electron chi connectivity index (χ4n) is 3.17. The molecule has 2 aromatic carbocycles. The predicted octanol–water partition coefficient (Wildman–Crippen LogP) is 4.42. The molecule has 0 spiro atoms. The number of non-ortho nitro benzene ring substituents is 1. The number of hydrazine groups is 1. The van der Waals surface area contributed by atoms with Gasteiger partial charge in [0, 0.05) is 17.7 Å². The van der Waals surface area contributed by atoms with Crippen molar-refractivity contribution >= 4 is 51.9 Å². The Labute approximate surface area is 208 Å². The van der Waals surface area contributed by atoms with Crippen LogP contribution in [0.4, 0.5) is 5.69 Å². The highest BCUT2D eigenvalue weighted by Gasteiger charge is 2.34. The second kappa shape index (κ2) is 9.99.